The van der Waals surface area contributed by atoms with Gasteiger partial charge in [-0.1, -0.05) is 38.5 Å². The first kappa shape index (κ1) is 32.0. The number of H-pyrrole nitrogens is 1. The minimum Gasteiger partial charge on any atom is -0.480 e. The molecule has 5 atom stereocenters. The Morgan fingerprint density at radius 1 is 1.02 bits per heavy atom. The van der Waals surface area contributed by atoms with Gasteiger partial charge >= 0.3 is 5.97 Å². The molecule has 1 aromatic heterocycles. The van der Waals surface area contributed by atoms with E-state index >= 15 is 0 Å². The molecule has 0 aliphatic heterocycles. The van der Waals surface area contributed by atoms with Gasteiger partial charge < -0.3 is 48.3 Å². The molecule has 1 aromatic carbocycles. The van der Waals surface area contributed by atoms with Crippen molar-refractivity contribution in [2.24, 2.45) is 28.1 Å². The molecule has 40 heavy (non-hydrogen) atoms. The van der Waals surface area contributed by atoms with E-state index in [-0.39, 0.29) is 31.3 Å². The summed E-state index contributed by atoms with van der Waals surface area (Å²) in [5.74, 6) is -3.95. The lowest BCUT2D eigenvalue weighted by Crippen LogP contribution is -2.59. The number of carboxylic acids is 1. The van der Waals surface area contributed by atoms with Gasteiger partial charge in [0.05, 0.1) is 12.6 Å². The van der Waals surface area contributed by atoms with Crippen molar-refractivity contribution in [2.45, 2.75) is 63.7 Å². The minimum atomic E-state index is -1.38. The summed E-state index contributed by atoms with van der Waals surface area (Å²) in [6.45, 7) is 2.96. The molecule has 0 aliphatic carbocycles. The number of nitrogens with two attached hydrogens (primary N) is 3. The number of nitrogens with zero attached hydrogens (tertiary/aromatic N) is 1. The summed E-state index contributed by atoms with van der Waals surface area (Å²) in [5, 5.41) is 27.7. The molecule has 2 rings (SSSR count). The van der Waals surface area contributed by atoms with E-state index in [1.165, 1.54) is 0 Å². The Labute approximate surface area is 232 Å². The van der Waals surface area contributed by atoms with Crippen LogP contribution in [0.25, 0.3) is 10.9 Å². The number of carbonyl (C=O) groups excluding carboxylic acids is 3. The molecule has 0 saturated carbocycles. The van der Waals surface area contributed by atoms with Crippen molar-refractivity contribution in [1.29, 1.82) is 0 Å². The molecule has 2 aromatic rings. The number of amides is 3. The second-order valence-corrected chi connectivity index (χ2v) is 9.63. The highest BCUT2D eigenvalue weighted by Crippen LogP contribution is 2.19. The molecular formula is C26H40N8O6. The zero-order chi connectivity index (χ0) is 29.8. The number of nitrogens with one attached hydrogen (secondary N) is 4. The number of benzene rings is 1. The van der Waals surface area contributed by atoms with Crippen LogP contribution < -0.4 is 33.2 Å². The number of hydrogen-bond acceptors (Lipinski definition) is 7. The van der Waals surface area contributed by atoms with Gasteiger partial charge in [-0.25, -0.2) is 4.79 Å². The molecule has 14 heteroatoms. The Morgan fingerprint density at radius 3 is 2.33 bits per heavy atom. The summed E-state index contributed by atoms with van der Waals surface area (Å²) >= 11 is 0. The van der Waals surface area contributed by atoms with Crippen LogP contribution in [-0.2, 0) is 25.6 Å². The first-order chi connectivity index (χ1) is 19.0. The number of aromatic nitrogens is 1. The highest BCUT2D eigenvalue weighted by Gasteiger charge is 2.32. The molecule has 12 N–H and O–H groups in total. The monoisotopic (exact) mass is 560 g/mol. The van der Waals surface area contributed by atoms with E-state index in [0.717, 1.165) is 16.5 Å². The quantitative estimate of drug-likeness (QED) is 0.0669. The van der Waals surface area contributed by atoms with E-state index in [2.05, 4.69) is 25.9 Å². The molecule has 220 valence electrons. The van der Waals surface area contributed by atoms with E-state index in [0.29, 0.717) is 12.8 Å². The lowest BCUT2D eigenvalue weighted by molar-refractivity contribution is -0.143. The van der Waals surface area contributed by atoms with Crippen LogP contribution >= 0.6 is 0 Å². The van der Waals surface area contributed by atoms with Gasteiger partial charge in [0.15, 0.2) is 5.96 Å². The number of guanidine groups is 1. The molecule has 0 saturated heterocycles. The Kier molecular flexibility index (Phi) is 12.4. The highest BCUT2D eigenvalue weighted by atomic mass is 16.4. The number of aliphatic imine (C=N–C) groups is 1. The molecule has 0 radical (unpaired) electrons. The predicted octanol–water partition coefficient (Wildman–Crippen LogP) is -1.33. The Morgan fingerprint density at radius 2 is 1.70 bits per heavy atom. The Bertz CT molecular complexity index is 1190. The molecule has 0 aliphatic rings. The predicted molar refractivity (Wildman–Crippen MR) is 150 cm³/mol. The van der Waals surface area contributed by atoms with Crippen molar-refractivity contribution in [2.75, 3.05) is 13.2 Å². The number of aliphatic hydroxyl groups is 1. The molecule has 14 nitrogen and oxygen atoms in total. The van der Waals surface area contributed by atoms with E-state index < -0.39 is 54.5 Å². The van der Waals surface area contributed by atoms with Gasteiger partial charge in [0.25, 0.3) is 0 Å². The van der Waals surface area contributed by atoms with Gasteiger partial charge in [-0.2, -0.15) is 0 Å². The smallest absolute Gasteiger partial charge is 0.326 e. The molecule has 0 bridgehead atoms. The summed E-state index contributed by atoms with van der Waals surface area (Å²) < 4.78 is 0. The number of hydrogen-bond donors (Lipinski definition) is 9. The fourth-order valence-corrected chi connectivity index (χ4v) is 4.08. The first-order valence-electron chi connectivity index (χ1n) is 13.1. The van der Waals surface area contributed by atoms with Crippen LogP contribution in [0.15, 0.2) is 35.5 Å². The SMILES string of the molecule is CCC(C)C(NC(=O)C(CO)NC(=O)C(N)Cc1c[nH]c2ccccc12)C(=O)NC(CCCN=C(N)N)C(=O)O. The van der Waals surface area contributed by atoms with Gasteiger partial charge in [0.1, 0.15) is 18.1 Å². The number of aliphatic hydroxyl groups excluding tert-OH is 1. The second-order valence-electron chi connectivity index (χ2n) is 9.63. The van der Waals surface area contributed by atoms with Crippen molar-refractivity contribution in [3.63, 3.8) is 0 Å². The van der Waals surface area contributed by atoms with Gasteiger partial charge in [0.2, 0.25) is 17.7 Å². The van der Waals surface area contributed by atoms with Crippen molar-refractivity contribution >= 4 is 40.6 Å². The van der Waals surface area contributed by atoms with Crippen LogP contribution in [0.3, 0.4) is 0 Å². The fraction of sp³-hybridized carbons (Fsp3) is 0.500. The van der Waals surface area contributed by atoms with Gasteiger partial charge in [-0.3, -0.25) is 19.4 Å². The van der Waals surface area contributed by atoms with Crippen LogP contribution in [0.5, 0.6) is 0 Å². The number of carbonyl (C=O) groups is 4. The molecule has 0 fully saturated rings. The summed E-state index contributed by atoms with van der Waals surface area (Å²) in [5.41, 5.74) is 18.3. The number of aromatic amines is 1. The maximum atomic E-state index is 13.0. The summed E-state index contributed by atoms with van der Waals surface area (Å²) in [7, 11) is 0. The third kappa shape index (κ3) is 9.24. The van der Waals surface area contributed by atoms with Gasteiger partial charge in [0, 0.05) is 23.6 Å². The van der Waals surface area contributed by atoms with Gasteiger partial charge in [-0.05, 0) is 36.8 Å². The minimum absolute atomic E-state index is 0.0582. The highest BCUT2D eigenvalue weighted by molar-refractivity contribution is 5.94. The van der Waals surface area contributed by atoms with E-state index in [1.54, 1.807) is 20.0 Å². The zero-order valence-corrected chi connectivity index (χ0v) is 22.7. The maximum absolute atomic E-state index is 13.0. The van der Waals surface area contributed by atoms with E-state index in [9.17, 15) is 29.4 Å². The van der Waals surface area contributed by atoms with Crippen molar-refractivity contribution in [3.05, 3.63) is 36.0 Å². The number of rotatable bonds is 16. The van der Waals surface area contributed by atoms with Crippen LogP contribution in [0.2, 0.25) is 0 Å². The van der Waals surface area contributed by atoms with Crippen LogP contribution in [0.4, 0.5) is 0 Å². The molecule has 0 spiro atoms. The number of fused-ring (bicyclic) bond motifs is 1. The molecule has 5 unspecified atom stereocenters. The average Bonchev–Trinajstić information content (AvgIpc) is 3.33. The Balaban J connectivity index is 2.03. The third-order valence-corrected chi connectivity index (χ3v) is 6.62. The van der Waals surface area contributed by atoms with Crippen LogP contribution in [-0.4, -0.2) is 82.2 Å². The number of aliphatic carboxylic acids is 1. The molecule has 3 amide bonds. The normalized spacial score (nSPS) is 14.8. The summed E-state index contributed by atoms with van der Waals surface area (Å²) in [6.07, 6.45) is 2.78. The standard InChI is InChI=1S/C26H40N8O6/c1-3-14(2)21(24(38)32-19(25(39)40)9-6-10-30-26(28)29)34-23(37)20(13-35)33-22(36)17(27)11-15-12-31-18-8-5-4-7-16(15)18/h4-5,7-8,12,14,17,19-21,31,35H,3,6,9-11,13,27H2,1-2H3,(H,32,38)(H,33,36)(H,34,37)(H,39,40)(H4,28,29,30). The summed E-state index contributed by atoms with van der Waals surface area (Å²) in [4.78, 5) is 57.4. The third-order valence-electron chi connectivity index (χ3n) is 6.62. The molecular weight excluding hydrogens is 520 g/mol. The van der Waals surface area contributed by atoms with E-state index in [4.69, 9.17) is 17.2 Å². The van der Waals surface area contributed by atoms with Crippen LogP contribution in [0, 0.1) is 5.92 Å². The average molecular weight is 561 g/mol. The lowest BCUT2D eigenvalue weighted by Gasteiger charge is -2.27. The second kappa shape index (κ2) is 15.4. The Hall–Kier alpha value is -4.17. The first-order valence-corrected chi connectivity index (χ1v) is 13.1. The van der Waals surface area contributed by atoms with Gasteiger partial charge in [-0.15, -0.1) is 0 Å². The van der Waals surface area contributed by atoms with Crippen molar-refractivity contribution in [3.8, 4) is 0 Å². The zero-order valence-electron chi connectivity index (χ0n) is 22.7. The van der Waals surface area contributed by atoms with Crippen molar-refractivity contribution < 1.29 is 29.4 Å². The van der Waals surface area contributed by atoms with E-state index in [1.807, 2.05) is 24.3 Å². The lowest BCUT2D eigenvalue weighted by atomic mass is 9.97. The number of para-hydroxylation sites is 1. The summed E-state index contributed by atoms with van der Waals surface area (Å²) in [6, 6.07) is 2.79. The van der Waals surface area contributed by atoms with Crippen molar-refractivity contribution in [1.82, 2.24) is 20.9 Å². The van der Waals surface area contributed by atoms with Crippen LogP contribution in [0.1, 0.15) is 38.7 Å². The maximum Gasteiger partial charge on any atom is 0.326 e. The fourth-order valence-electron chi connectivity index (χ4n) is 4.08. The largest absolute Gasteiger partial charge is 0.480 e. The topological polar surface area (TPSA) is 251 Å². The number of carboxylic acid groups (broad SMARTS) is 1. The molecule has 1 heterocycles.